The van der Waals surface area contributed by atoms with Crippen LogP contribution in [-0.2, 0) is 36.0 Å². The summed E-state index contributed by atoms with van der Waals surface area (Å²) in [6, 6.07) is 0. The van der Waals surface area contributed by atoms with E-state index in [0.717, 1.165) is 49.4 Å². The van der Waals surface area contributed by atoms with Crippen LogP contribution in [0.3, 0.4) is 0 Å². The van der Waals surface area contributed by atoms with Gasteiger partial charge in [-0.15, -0.1) is 0 Å². The zero-order valence-corrected chi connectivity index (χ0v) is 21.2. The molecule has 0 amide bonds. The number of hydrogen-bond acceptors (Lipinski definition) is 3. The molecule has 0 atom stereocenters. The molecule has 0 aromatic carbocycles. The third-order valence-electron chi connectivity index (χ3n) is 4.10. The molecule has 0 N–H and O–H groups in total. The third-order valence-corrected chi connectivity index (χ3v) is 11.8. The van der Waals surface area contributed by atoms with Gasteiger partial charge in [-0.25, -0.2) is 0 Å². The molecule has 1 aliphatic rings. The van der Waals surface area contributed by atoms with Crippen LogP contribution in [0.5, 0.6) is 0 Å². The molecule has 25 heavy (non-hydrogen) atoms. The minimum absolute atomic E-state index is 0.651. The van der Waals surface area contributed by atoms with Crippen molar-refractivity contribution in [1.82, 2.24) is 0 Å². The van der Waals surface area contributed by atoms with E-state index in [2.05, 4.69) is 26.8 Å². The van der Waals surface area contributed by atoms with Crippen molar-refractivity contribution in [3.05, 3.63) is 19.8 Å². The summed E-state index contributed by atoms with van der Waals surface area (Å²) < 4.78 is 35.4. The second-order valence-corrected chi connectivity index (χ2v) is 16.8. The first kappa shape index (κ1) is 23.8. The maximum atomic E-state index is 14.6. The molecule has 0 saturated heterocycles. The molecule has 1 rings (SSSR count). The van der Waals surface area contributed by atoms with Crippen LogP contribution in [0, 0.1) is 0 Å². The molecular weight excluding hydrogens is 459 g/mol. The Morgan fingerprint density at radius 2 is 1.68 bits per heavy atom. The van der Waals surface area contributed by atoms with Gasteiger partial charge in [-0.05, 0) is 0 Å². The topological polar surface area (TPSA) is 27.7 Å². The number of ether oxygens (including phenoxy) is 2. The molecule has 0 aromatic rings. The van der Waals surface area contributed by atoms with E-state index >= 15 is 0 Å². The Bertz CT molecular complexity index is 436. The van der Waals surface area contributed by atoms with E-state index in [4.69, 9.17) is 12.3 Å². The molecule has 0 bridgehead atoms. The standard InChI is InChI=1S/C12H25O3.C7H10FGe.Zr/c1-4-7-10-14-12(13,9-6-3)15-11-8-5-2;1-9(2,8)7-5-3-4-6-7;/h4-11H2,1-3H3;3,5H,4H2,1-2H3;/q-1;;+1. The van der Waals surface area contributed by atoms with Gasteiger partial charge in [-0.2, -0.15) is 0 Å². The van der Waals surface area contributed by atoms with Gasteiger partial charge in [0.15, 0.2) is 0 Å². The second kappa shape index (κ2) is 12.2. The zero-order valence-electron chi connectivity index (χ0n) is 16.6. The van der Waals surface area contributed by atoms with Crippen LogP contribution in [0.25, 0.3) is 0 Å². The van der Waals surface area contributed by atoms with Gasteiger partial charge in [0.25, 0.3) is 0 Å². The van der Waals surface area contributed by atoms with Gasteiger partial charge in [0.2, 0.25) is 0 Å². The predicted molar refractivity (Wildman–Crippen MR) is 99.8 cm³/mol. The van der Waals surface area contributed by atoms with E-state index in [9.17, 15) is 3.50 Å². The van der Waals surface area contributed by atoms with Crippen LogP contribution >= 0.6 is 0 Å². The molecule has 0 saturated carbocycles. The molecule has 0 spiro atoms. The first-order valence-electron chi connectivity index (χ1n) is 9.69. The van der Waals surface area contributed by atoms with Crippen molar-refractivity contribution in [1.29, 1.82) is 0 Å². The summed E-state index contributed by atoms with van der Waals surface area (Å²) >= 11 is -4.69. The molecule has 0 aromatic heterocycles. The average molecular weight is 494 g/mol. The van der Waals surface area contributed by atoms with Gasteiger partial charge in [-0.1, -0.05) is 0 Å². The number of allylic oxidation sites excluding steroid dienone is 4. The first-order valence-corrected chi connectivity index (χ1v) is 18.0. The van der Waals surface area contributed by atoms with Gasteiger partial charge in [-0.3, -0.25) is 0 Å². The Morgan fingerprint density at radius 1 is 1.08 bits per heavy atom. The Hall–Kier alpha value is 0.716. The first-order chi connectivity index (χ1) is 11.9. The molecule has 6 heteroatoms. The Labute approximate surface area is 168 Å². The SMILES string of the molecule is CCCCOC(CCC)(OCCCC)[O][Zr][C]1=[C]([Ge]([CH3])([CH3])[F])C=CC1. The number of hydrogen-bond donors (Lipinski definition) is 0. The van der Waals surface area contributed by atoms with Crippen molar-refractivity contribution in [3.8, 4) is 0 Å². The third kappa shape index (κ3) is 8.51. The van der Waals surface area contributed by atoms with E-state index < -0.39 is 43.4 Å². The second-order valence-electron chi connectivity index (χ2n) is 7.01. The van der Waals surface area contributed by atoms with E-state index in [0.29, 0.717) is 13.2 Å². The molecule has 0 radical (unpaired) electrons. The zero-order chi connectivity index (χ0) is 18.8. The van der Waals surface area contributed by atoms with Crippen LogP contribution in [0.1, 0.15) is 65.7 Å². The molecule has 1 aliphatic carbocycles. The van der Waals surface area contributed by atoms with E-state index in [-0.39, 0.29) is 0 Å². The molecule has 3 nitrogen and oxygen atoms in total. The van der Waals surface area contributed by atoms with Crippen LogP contribution < -0.4 is 0 Å². The number of halogens is 1. The van der Waals surface area contributed by atoms with Crippen LogP contribution in [0.4, 0.5) is 3.50 Å². The summed E-state index contributed by atoms with van der Waals surface area (Å²) in [5, 5.41) is 0. The Balaban J connectivity index is 2.82. The molecular formula is C19H35FGeO3Zr. The van der Waals surface area contributed by atoms with Crippen LogP contribution in [0.2, 0.25) is 11.5 Å². The van der Waals surface area contributed by atoms with E-state index in [1.54, 1.807) is 11.5 Å². The monoisotopic (exact) mass is 494 g/mol. The maximum absolute atomic E-state index is 14.6. The van der Waals surface area contributed by atoms with Crippen molar-refractivity contribution < 1.29 is 39.5 Å². The fourth-order valence-corrected chi connectivity index (χ4v) is 12.1. The summed E-state index contributed by atoms with van der Waals surface area (Å²) in [5.41, 5.74) is 0. The Morgan fingerprint density at radius 3 is 2.16 bits per heavy atom. The number of rotatable bonds is 14. The van der Waals surface area contributed by atoms with Crippen molar-refractivity contribution >= 4 is 13.7 Å². The quantitative estimate of drug-likeness (QED) is 0.168. The van der Waals surface area contributed by atoms with E-state index in [1.807, 2.05) is 6.08 Å². The molecule has 0 aliphatic heterocycles. The summed E-state index contributed by atoms with van der Waals surface area (Å²) in [4.78, 5) is 0. The normalized spacial score (nSPS) is 15.3. The minimum atomic E-state index is -3.31. The van der Waals surface area contributed by atoms with E-state index in [1.165, 1.54) is 3.28 Å². The van der Waals surface area contributed by atoms with Gasteiger partial charge in [0.05, 0.1) is 0 Å². The van der Waals surface area contributed by atoms with Crippen molar-refractivity contribution in [3.63, 3.8) is 0 Å². The Kier molecular flexibility index (Phi) is 11.6. The molecule has 0 heterocycles. The van der Waals surface area contributed by atoms with Gasteiger partial charge in [0.1, 0.15) is 0 Å². The van der Waals surface area contributed by atoms with Gasteiger partial charge < -0.3 is 0 Å². The summed E-state index contributed by atoms with van der Waals surface area (Å²) in [6.07, 6.45) is 10.8. The summed E-state index contributed by atoms with van der Waals surface area (Å²) in [7, 11) is 0. The number of unbranched alkanes of at least 4 members (excludes halogenated alkanes) is 2. The fraction of sp³-hybridized carbons (Fsp3) is 0.789. The summed E-state index contributed by atoms with van der Waals surface area (Å²) in [6.45, 7) is 7.73. The fourth-order valence-electron chi connectivity index (χ4n) is 2.64. The van der Waals surface area contributed by atoms with Gasteiger partial charge >= 0.3 is 169 Å². The molecule has 144 valence electrons. The summed E-state index contributed by atoms with van der Waals surface area (Å²) in [5.74, 6) is 2.69. The molecule has 0 fully saturated rings. The van der Waals surface area contributed by atoms with Crippen LogP contribution in [-0.4, -0.2) is 32.9 Å². The van der Waals surface area contributed by atoms with Crippen molar-refractivity contribution in [2.75, 3.05) is 13.2 Å². The van der Waals surface area contributed by atoms with Crippen molar-refractivity contribution in [2.45, 2.75) is 83.2 Å². The predicted octanol–water partition coefficient (Wildman–Crippen LogP) is 6.02. The average Bonchev–Trinajstić information content (AvgIpc) is 3.02. The molecule has 0 unspecified atom stereocenters. The van der Waals surface area contributed by atoms with Gasteiger partial charge in [0, 0.05) is 0 Å². The van der Waals surface area contributed by atoms with Crippen LogP contribution in [0.15, 0.2) is 19.8 Å². The van der Waals surface area contributed by atoms with Crippen molar-refractivity contribution in [2.24, 2.45) is 0 Å².